The summed E-state index contributed by atoms with van der Waals surface area (Å²) in [6.45, 7) is 7.31. The molecule has 10 aromatic rings. The molecule has 0 bridgehead atoms. The fourth-order valence-corrected chi connectivity index (χ4v) is 11.6. The van der Waals surface area contributed by atoms with Gasteiger partial charge < -0.3 is 9.47 Å². The minimum Gasteiger partial charge on any atom is -0.309 e. The number of rotatable bonds is 3. The van der Waals surface area contributed by atoms with Crippen molar-refractivity contribution in [3.63, 3.8) is 0 Å². The highest BCUT2D eigenvalue weighted by molar-refractivity contribution is 6.12. The van der Waals surface area contributed by atoms with Gasteiger partial charge in [0.1, 0.15) is 0 Å². The molecule has 1 atom stereocenters. The fraction of sp³-hybridized carbons (Fsp3) is 0.0877. The summed E-state index contributed by atoms with van der Waals surface area (Å²) in [7, 11) is 0. The summed E-state index contributed by atoms with van der Waals surface area (Å²) < 4.78 is 2.44. The molecule has 2 heterocycles. The first kappa shape index (κ1) is 32.9. The van der Waals surface area contributed by atoms with Crippen LogP contribution < -0.4 is 4.90 Å². The first-order valence-corrected chi connectivity index (χ1v) is 20.9. The number of fused-ring (bicyclic) bond motifs is 13. The Morgan fingerprint density at radius 2 is 0.915 bits per heavy atom. The van der Waals surface area contributed by atoms with Crippen LogP contribution in [0.2, 0.25) is 0 Å². The number of hydrogen-bond donors (Lipinski definition) is 0. The van der Waals surface area contributed by atoms with Crippen LogP contribution in [-0.4, -0.2) is 4.57 Å². The van der Waals surface area contributed by atoms with Gasteiger partial charge in [-0.25, -0.2) is 0 Å². The van der Waals surface area contributed by atoms with Crippen molar-refractivity contribution in [3.05, 3.63) is 216 Å². The summed E-state index contributed by atoms with van der Waals surface area (Å²) in [5.74, 6) is 0. The number of para-hydroxylation sites is 2. The van der Waals surface area contributed by atoms with E-state index in [0.29, 0.717) is 0 Å². The van der Waals surface area contributed by atoms with Gasteiger partial charge in [-0.15, -0.1) is 0 Å². The van der Waals surface area contributed by atoms with E-state index >= 15 is 0 Å². The molecule has 2 aliphatic carbocycles. The average molecular weight is 753 g/mol. The highest BCUT2D eigenvalue weighted by Crippen LogP contribution is 2.66. The molecule has 13 rings (SSSR count). The maximum Gasteiger partial charge on any atom is 0.0553 e. The van der Waals surface area contributed by atoms with Crippen LogP contribution in [0.5, 0.6) is 0 Å². The third-order valence-corrected chi connectivity index (χ3v) is 14.2. The Labute approximate surface area is 344 Å². The van der Waals surface area contributed by atoms with Crippen LogP contribution in [0.3, 0.4) is 0 Å². The Bertz CT molecular complexity index is 3380. The molecule has 0 amide bonds. The quantitative estimate of drug-likeness (QED) is 0.174. The molecule has 59 heavy (non-hydrogen) atoms. The third kappa shape index (κ3) is 4.11. The summed E-state index contributed by atoms with van der Waals surface area (Å²) in [6, 6.07) is 70.4. The monoisotopic (exact) mass is 752 g/mol. The van der Waals surface area contributed by atoms with E-state index in [0.717, 1.165) is 0 Å². The molecule has 278 valence electrons. The molecule has 0 saturated carbocycles. The second kappa shape index (κ2) is 11.5. The van der Waals surface area contributed by atoms with Crippen molar-refractivity contribution in [1.82, 2.24) is 4.57 Å². The van der Waals surface area contributed by atoms with Gasteiger partial charge in [-0.3, -0.25) is 0 Å². The smallest absolute Gasteiger partial charge is 0.0553 e. The minimum atomic E-state index is -0.286. The Morgan fingerprint density at radius 3 is 1.64 bits per heavy atom. The summed E-state index contributed by atoms with van der Waals surface area (Å²) in [6.07, 6.45) is 0. The van der Waals surface area contributed by atoms with E-state index in [1.807, 2.05) is 0 Å². The zero-order valence-electron chi connectivity index (χ0n) is 33.3. The summed E-state index contributed by atoms with van der Waals surface area (Å²) in [4.78, 5) is 2.60. The molecule has 2 heteroatoms. The average Bonchev–Trinajstić information content (AvgIpc) is 3.85. The van der Waals surface area contributed by atoms with Crippen LogP contribution >= 0.6 is 0 Å². The molecule has 0 fully saturated rings. The number of benzene rings is 9. The van der Waals surface area contributed by atoms with Gasteiger partial charge in [-0.2, -0.15) is 0 Å². The molecule has 1 unspecified atom stereocenters. The zero-order valence-corrected chi connectivity index (χ0v) is 33.3. The Balaban J connectivity index is 1.01. The van der Waals surface area contributed by atoms with Crippen LogP contribution in [-0.2, 0) is 10.8 Å². The Morgan fingerprint density at radius 1 is 0.356 bits per heavy atom. The van der Waals surface area contributed by atoms with Gasteiger partial charge in [-0.1, -0.05) is 166 Å². The van der Waals surface area contributed by atoms with Crippen LogP contribution in [0.1, 0.15) is 48.6 Å². The lowest BCUT2D eigenvalue weighted by atomic mass is 9.68. The molecule has 1 aliphatic heterocycles. The van der Waals surface area contributed by atoms with Gasteiger partial charge >= 0.3 is 0 Å². The first-order valence-electron chi connectivity index (χ1n) is 20.9. The summed E-state index contributed by atoms with van der Waals surface area (Å²) in [5.41, 5.74) is 21.7. The van der Waals surface area contributed by atoms with Crippen LogP contribution in [0.4, 0.5) is 17.1 Å². The van der Waals surface area contributed by atoms with Gasteiger partial charge in [0.2, 0.25) is 0 Å². The van der Waals surface area contributed by atoms with Gasteiger partial charge in [0.25, 0.3) is 0 Å². The predicted octanol–water partition coefficient (Wildman–Crippen LogP) is 15.0. The van der Waals surface area contributed by atoms with E-state index in [9.17, 15) is 0 Å². The molecule has 3 aliphatic rings. The summed E-state index contributed by atoms with van der Waals surface area (Å²) in [5, 5.41) is 5.03. The first-order chi connectivity index (χ1) is 28.9. The lowest BCUT2D eigenvalue weighted by molar-refractivity contribution is 0.647. The van der Waals surface area contributed by atoms with Crippen molar-refractivity contribution in [2.24, 2.45) is 0 Å². The minimum absolute atomic E-state index is 0.184. The molecule has 0 N–H and O–H groups in total. The van der Waals surface area contributed by atoms with Crippen LogP contribution in [0.25, 0.3) is 71.6 Å². The second-order valence-corrected chi connectivity index (χ2v) is 17.4. The summed E-state index contributed by atoms with van der Waals surface area (Å²) >= 11 is 0. The Hall–Kier alpha value is -7.16. The van der Waals surface area contributed by atoms with Crippen LogP contribution in [0.15, 0.2) is 188 Å². The van der Waals surface area contributed by atoms with Crippen molar-refractivity contribution >= 4 is 49.6 Å². The third-order valence-electron chi connectivity index (χ3n) is 14.2. The van der Waals surface area contributed by atoms with Crippen LogP contribution in [0, 0.1) is 0 Å². The molecule has 9 aromatic carbocycles. The normalized spacial score (nSPS) is 16.6. The van der Waals surface area contributed by atoms with Gasteiger partial charge in [0.05, 0.1) is 28.1 Å². The largest absolute Gasteiger partial charge is 0.309 e. The van der Waals surface area contributed by atoms with E-state index in [1.54, 1.807) is 0 Å². The SMILES string of the molecule is CC1(C)c2ccccc2-c2ccc3c(c21)N(c1ccc(-c2ccc(-n4c5ccccc5c5ccccc54)c4ccccc24)cc1)c1cccc2c1C3(C)c1ccccc1-2. The van der Waals surface area contributed by atoms with Gasteiger partial charge in [0, 0.05) is 32.7 Å². The maximum absolute atomic E-state index is 2.60. The number of nitrogens with zero attached hydrogens (tertiary/aromatic N) is 2. The standard InChI is InChI=1S/C57H40N2/c1-56(2)46-22-10-6-16-39(46)45-31-33-48-55(54(45)56)58(52-26-14-21-44-40-17-7-11-23-47(40)57(48,3)53(44)52)36-29-27-35(28-30-36)37-32-34-51(41-18-5-4-15-38(37)41)59-49-24-12-8-19-42(49)43-20-9-13-25-50(43)59/h4-34H,1-3H3. The van der Waals surface area contributed by atoms with Crippen molar-refractivity contribution in [2.45, 2.75) is 31.6 Å². The number of hydrogen-bond acceptors (Lipinski definition) is 1. The topological polar surface area (TPSA) is 8.17 Å². The van der Waals surface area contributed by atoms with Crippen molar-refractivity contribution in [2.75, 3.05) is 4.90 Å². The molecule has 0 saturated heterocycles. The lowest BCUT2D eigenvalue weighted by Crippen LogP contribution is -2.34. The molecule has 0 spiro atoms. The number of aromatic nitrogens is 1. The molecular weight excluding hydrogens is 713 g/mol. The van der Waals surface area contributed by atoms with Gasteiger partial charge in [0.15, 0.2) is 0 Å². The lowest BCUT2D eigenvalue weighted by Gasteiger charge is -2.45. The molecular formula is C57H40N2. The zero-order chi connectivity index (χ0) is 39.2. The molecule has 0 radical (unpaired) electrons. The highest BCUT2D eigenvalue weighted by atomic mass is 15.2. The number of anilines is 3. The Kier molecular flexibility index (Phi) is 6.40. The van der Waals surface area contributed by atoms with Crippen molar-refractivity contribution in [3.8, 4) is 39.1 Å². The molecule has 1 aromatic heterocycles. The van der Waals surface area contributed by atoms with E-state index in [-0.39, 0.29) is 10.8 Å². The second-order valence-electron chi connectivity index (χ2n) is 17.4. The van der Waals surface area contributed by atoms with Crippen molar-refractivity contribution in [1.29, 1.82) is 0 Å². The fourth-order valence-electron chi connectivity index (χ4n) is 11.6. The van der Waals surface area contributed by atoms with Gasteiger partial charge in [-0.05, 0) is 110 Å². The van der Waals surface area contributed by atoms with E-state index in [1.165, 1.54) is 117 Å². The predicted molar refractivity (Wildman–Crippen MR) is 247 cm³/mol. The van der Waals surface area contributed by atoms with Crippen molar-refractivity contribution < 1.29 is 0 Å². The molecule has 2 nitrogen and oxygen atoms in total. The van der Waals surface area contributed by atoms with E-state index in [4.69, 9.17) is 0 Å². The highest BCUT2D eigenvalue weighted by Gasteiger charge is 2.51. The maximum atomic E-state index is 2.60. The van der Waals surface area contributed by atoms with E-state index < -0.39 is 0 Å². The van der Waals surface area contributed by atoms with E-state index in [2.05, 4.69) is 218 Å².